The van der Waals surface area contributed by atoms with E-state index < -0.39 is 0 Å². The van der Waals surface area contributed by atoms with Crippen molar-refractivity contribution in [2.24, 2.45) is 0 Å². The number of nitrogen functional groups attached to an aromatic ring is 1. The van der Waals surface area contributed by atoms with Crippen LogP contribution in [0.4, 0.5) is 5.95 Å². The van der Waals surface area contributed by atoms with Crippen LogP contribution in [0.25, 0.3) is 0 Å². The molecule has 1 heterocycles. The molecule has 0 atom stereocenters. The second-order valence-electron chi connectivity index (χ2n) is 3.36. The predicted molar refractivity (Wildman–Crippen MR) is 58.9 cm³/mol. The van der Waals surface area contributed by atoms with Crippen LogP contribution in [0, 0.1) is 0 Å². The molecular weight excluding hydrogens is 206 g/mol. The minimum Gasteiger partial charge on any atom is -0.497 e. The number of benzene rings is 1. The van der Waals surface area contributed by atoms with Crippen LogP contribution >= 0.6 is 0 Å². The average molecular weight is 219 g/mol. The predicted octanol–water partition coefficient (Wildman–Crippen LogP) is 0.507. The Morgan fingerprint density at radius 2 is 2.06 bits per heavy atom. The normalized spacial score (nSPS) is 10.3. The standard InChI is InChI=1S/C10H13N5O/c1-16-9-4-2-8(3-5-9)6-7-15-10(11)12-13-14-15/h2-5H,6-7H2,1H3,(H2,11,12,14). The molecule has 0 unspecified atom stereocenters. The fraction of sp³-hybridized carbons (Fsp3) is 0.300. The molecule has 0 aliphatic heterocycles. The van der Waals surface area contributed by atoms with Gasteiger partial charge in [0.1, 0.15) is 5.75 Å². The Balaban J connectivity index is 1.97. The average Bonchev–Trinajstić information content (AvgIpc) is 2.73. The number of hydrogen-bond acceptors (Lipinski definition) is 5. The molecule has 2 aromatic rings. The first kappa shape index (κ1) is 10.4. The van der Waals surface area contributed by atoms with E-state index in [2.05, 4.69) is 15.5 Å². The van der Waals surface area contributed by atoms with Gasteiger partial charge in [-0.15, -0.1) is 0 Å². The van der Waals surface area contributed by atoms with E-state index >= 15 is 0 Å². The summed E-state index contributed by atoms with van der Waals surface area (Å²) < 4.78 is 6.65. The highest BCUT2D eigenvalue weighted by atomic mass is 16.5. The zero-order valence-electron chi connectivity index (χ0n) is 9.00. The molecule has 0 aliphatic rings. The minimum absolute atomic E-state index is 0.341. The molecule has 6 heteroatoms. The molecule has 2 N–H and O–H groups in total. The summed E-state index contributed by atoms with van der Waals surface area (Å²) in [4.78, 5) is 0. The molecule has 0 saturated carbocycles. The van der Waals surface area contributed by atoms with Gasteiger partial charge in [-0.3, -0.25) is 0 Å². The highest BCUT2D eigenvalue weighted by Crippen LogP contribution is 2.12. The third kappa shape index (κ3) is 2.28. The smallest absolute Gasteiger partial charge is 0.240 e. The third-order valence-corrected chi connectivity index (χ3v) is 2.33. The molecule has 84 valence electrons. The summed E-state index contributed by atoms with van der Waals surface area (Å²) >= 11 is 0. The van der Waals surface area contributed by atoms with E-state index in [0.29, 0.717) is 12.5 Å². The first-order valence-electron chi connectivity index (χ1n) is 4.94. The number of aryl methyl sites for hydroxylation is 2. The van der Waals surface area contributed by atoms with Gasteiger partial charge in [0.2, 0.25) is 5.95 Å². The van der Waals surface area contributed by atoms with Gasteiger partial charge in [-0.25, -0.2) is 4.68 Å². The van der Waals surface area contributed by atoms with Crippen LogP contribution in [0.5, 0.6) is 5.75 Å². The number of tetrazole rings is 1. The number of methoxy groups -OCH3 is 1. The number of nitrogens with zero attached hydrogens (tertiary/aromatic N) is 4. The molecule has 0 saturated heterocycles. The summed E-state index contributed by atoms with van der Waals surface area (Å²) in [6, 6.07) is 7.88. The van der Waals surface area contributed by atoms with Crippen molar-refractivity contribution in [2.45, 2.75) is 13.0 Å². The van der Waals surface area contributed by atoms with Gasteiger partial charge in [0.25, 0.3) is 0 Å². The molecular formula is C10H13N5O. The zero-order valence-corrected chi connectivity index (χ0v) is 9.00. The number of nitrogens with two attached hydrogens (primary N) is 1. The largest absolute Gasteiger partial charge is 0.497 e. The SMILES string of the molecule is COc1ccc(CCn2nnnc2N)cc1. The summed E-state index contributed by atoms with van der Waals surface area (Å²) in [6.07, 6.45) is 0.833. The van der Waals surface area contributed by atoms with Crippen LogP contribution in [0.15, 0.2) is 24.3 Å². The molecule has 2 rings (SSSR count). The van der Waals surface area contributed by atoms with Gasteiger partial charge in [-0.05, 0) is 34.5 Å². The molecule has 0 radical (unpaired) electrons. The second-order valence-corrected chi connectivity index (χ2v) is 3.36. The van der Waals surface area contributed by atoms with Gasteiger partial charge < -0.3 is 10.5 Å². The van der Waals surface area contributed by atoms with E-state index in [4.69, 9.17) is 10.5 Å². The number of aromatic nitrogens is 4. The molecule has 1 aromatic carbocycles. The molecule has 16 heavy (non-hydrogen) atoms. The van der Waals surface area contributed by atoms with Crippen LogP contribution in [0.1, 0.15) is 5.56 Å². The van der Waals surface area contributed by atoms with Gasteiger partial charge in [0.05, 0.1) is 13.7 Å². The van der Waals surface area contributed by atoms with Crippen LogP contribution in [-0.2, 0) is 13.0 Å². The van der Waals surface area contributed by atoms with Crippen LogP contribution in [0.3, 0.4) is 0 Å². The Hall–Kier alpha value is -2.11. The molecule has 1 aromatic heterocycles. The third-order valence-electron chi connectivity index (χ3n) is 2.33. The highest BCUT2D eigenvalue weighted by molar-refractivity contribution is 5.27. The highest BCUT2D eigenvalue weighted by Gasteiger charge is 2.01. The fourth-order valence-corrected chi connectivity index (χ4v) is 1.40. The van der Waals surface area contributed by atoms with Crippen molar-refractivity contribution in [3.8, 4) is 5.75 Å². The summed E-state index contributed by atoms with van der Waals surface area (Å²) in [5, 5.41) is 10.9. The van der Waals surface area contributed by atoms with E-state index in [1.807, 2.05) is 24.3 Å². The molecule has 6 nitrogen and oxygen atoms in total. The maximum Gasteiger partial charge on any atom is 0.240 e. The van der Waals surface area contributed by atoms with Crippen LogP contribution in [-0.4, -0.2) is 27.3 Å². The Bertz CT molecular complexity index is 450. The van der Waals surface area contributed by atoms with Crippen molar-refractivity contribution < 1.29 is 4.74 Å². The lowest BCUT2D eigenvalue weighted by atomic mass is 10.1. The summed E-state index contributed by atoms with van der Waals surface area (Å²) in [6.45, 7) is 0.672. The Kier molecular flexibility index (Phi) is 3.00. The molecule has 0 amide bonds. The molecule has 0 spiro atoms. The van der Waals surface area contributed by atoms with E-state index in [9.17, 15) is 0 Å². The maximum atomic E-state index is 5.56. The summed E-state index contributed by atoms with van der Waals surface area (Å²) in [5.74, 6) is 1.19. The minimum atomic E-state index is 0.341. The van der Waals surface area contributed by atoms with Crippen molar-refractivity contribution in [3.05, 3.63) is 29.8 Å². The topological polar surface area (TPSA) is 78.8 Å². The second kappa shape index (κ2) is 4.61. The van der Waals surface area contributed by atoms with Gasteiger partial charge in [-0.1, -0.05) is 17.2 Å². The van der Waals surface area contributed by atoms with E-state index in [1.165, 1.54) is 5.56 Å². The van der Waals surface area contributed by atoms with E-state index in [-0.39, 0.29) is 0 Å². The van der Waals surface area contributed by atoms with Gasteiger partial charge >= 0.3 is 0 Å². The quantitative estimate of drug-likeness (QED) is 0.810. The molecule has 0 aliphatic carbocycles. The monoisotopic (exact) mass is 219 g/mol. The summed E-state index contributed by atoms with van der Waals surface area (Å²) in [5.41, 5.74) is 6.75. The van der Waals surface area contributed by atoms with E-state index in [1.54, 1.807) is 11.8 Å². The number of hydrogen-bond donors (Lipinski definition) is 1. The lowest BCUT2D eigenvalue weighted by Crippen LogP contribution is -2.07. The van der Waals surface area contributed by atoms with Crippen molar-refractivity contribution in [3.63, 3.8) is 0 Å². The number of ether oxygens (including phenoxy) is 1. The Morgan fingerprint density at radius 1 is 1.31 bits per heavy atom. The zero-order chi connectivity index (χ0) is 11.4. The van der Waals surface area contributed by atoms with Gasteiger partial charge in [0, 0.05) is 0 Å². The molecule has 0 bridgehead atoms. The van der Waals surface area contributed by atoms with Crippen molar-refractivity contribution in [1.29, 1.82) is 0 Å². The van der Waals surface area contributed by atoms with Crippen molar-refractivity contribution >= 4 is 5.95 Å². The summed E-state index contributed by atoms with van der Waals surface area (Å²) in [7, 11) is 1.65. The Morgan fingerprint density at radius 3 is 2.62 bits per heavy atom. The van der Waals surface area contributed by atoms with Crippen molar-refractivity contribution in [2.75, 3.05) is 12.8 Å². The molecule has 0 fully saturated rings. The number of anilines is 1. The van der Waals surface area contributed by atoms with E-state index in [0.717, 1.165) is 12.2 Å². The number of rotatable bonds is 4. The van der Waals surface area contributed by atoms with Gasteiger partial charge in [0.15, 0.2) is 0 Å². The van der Waals surface area contributed by atoms with Gasteiger partial charge in [-0.2, -0.15) is 0 Å². The first-order chi connectivity index (χ1) is 7.79. The lowest BCUT2D eigenvalue weighted by molar-refractivity contribution is 0.414. The van der Waals surface area contributed by atoms with Crippen molar-refractivity contribution in [1.82, 2.24) is 20.2 Å². The van der Waals surface area contributed by atoms with Crippen LogP contribution in [0.2, 0.25) is 0 Å². The van der Waals surface area contributed by atoms with Crippen LogP contribution < -0.4 is 10.5 Å². The fourth-order valence-electron chi connectivity index (χ4n) is 1.40. The Labute approximate surface area is 93.0 Å². The maximum absolute atomic E-state index is 5.56. The lowest BCUT2D eigenvalue weighted by Gasteiger charge is -2.03. The first-order valence-corrected chi connectivity index (χ1v) is 4.94.